The molecule has 0 aliphatic carbocycles. The van der Waals surface area contributed by atoms with Gasteiger partial charge in [-0.15, -0.1) is 0 Å². The van der Waals surface area contributed by atoms with Crippen LogP contribution < -0.4 is 0 Å². The lowest BCUT2D eigenvalue weighted by Gasteiger charge is -2.16. The molecule has 0 saturated carbocycles. The maximum absolute atomic E-state index is 11.0. The molecule has 0 heterocycles. The highest BCUT2D eigenvalue weighted by atomic mass is 16.3. The Hall–Kier alpha value is -4.50. The van der Waals surface area contributed by atoms with Crippen LogP contribution in [0.25, 0.3) is 54.6 Å². The van der Waals surface area contributed by atoms with Crippen LogP contribution in [0.4, 0.5) is 0 Å². The molecule has 0 fully saturated rings. The summed E-state index contributed by atoms with van der Waals surface area (Å²) in [5.74, 6) is 0.676. The molecule has 6 aromatic rings. The van der Waals surface area contributed by atoms with Crippen molar-refractivity contribution in [2.75, 3.05) is 0 Å². The van der Waals surface area contributed by atoms with Gasteiger partial charge in [0, 0.05) is 10.8 Å². The van der Waals surface area contributed by atoms with Gasteiger partial charge < -0.3 is 15.3 Å². The number of hydrogen-bond acceptors (Lipinski definition) is 3. The third kappa shape index (κ3) is 2.98. The van der Waals surface area contributed by atoms with E-state index in [0.717, 1.165) is 54.6 Å². The van der Waals surface area contributed by atoms with Gasteiger partial charge in [0.15, 0.2) is 0 Å². The zero-order valence-electron chi connectivity index (χ0n) is 17.7. The Morgan fingerprint density at radius 1 is 0.394 bits per heavy atom. The summed E-state index contributed by atoms with van der Waals surface area (Å²) >= 11 is 0. The van der Waals surface area contributed by atoms with Gasteiger partial charge >= 0.3 is 0 Å². The summed E-state index contributed by atoms with van der Waals surface area (Å²) in [4.78, 5) is 0. The molecule has 0 radical (unpaired) electrons. The maximum atomic E-state index is 11.0. The smallest absolute Gasteiger partial charge is 0.124 e. The fraction of sp³-hybridized carbons (Fsp3) is 0. The average Bonchev–Trinajstić information content (AvgIpc) is 2.84. The van der Waals surface area contributed by atoms with Crippen molar-refractivity contribution >= 4 is 32.3 Å². The van der Waals surface area contributed by atoms with Gasteiger partial charge in [-0.05, 0) is 68.1 Å². The summed E-state index contributed by atoms with van der Waals surface area (Å²) in [5.41, 5.74) is 3.89. The van der Waals surface area contributed by atoms with Crippen LogP contribution in [0.1, 0.15) is 0 Å². The van der Waals surface area contributed by atoms with Crippen LogP contribution >= 0.6 is 0 Å². The zero-order chi connectivity index (χ0) is 22.5. The number of aromatic hydroxyl groups is 3. The molecular formula is C30H20O3. The minimum atomic E-state index is 0.208. The fourth-order valence-corrected chi connectivity index (χ4v) is 4.87. The van der Waals surface area contributed by atoms with Crippen molar-refractivity contribution in [2.45, 2.75) is 0 Å². The third-order valence-electron chi connectivity index (χ3n) is 6.36. The largest absolute Gasteiger partial charge is 0.508 e. The van der Waals surface area contributed by atoms with Gasteiger partial charge in [0.25, 0.3) is 0 Å². The summed E-state index contributed by atoms with van der Waals surface area (Å²) in [6.45, 7) is 0. The van der Waals surface area contributed by atoms with Crippen molar-refractivity contribution in [1.82, 2.24) is 0 Å². The first kappa shape index (κ1) is 19.2. The highest BCUT2D eigenvalue weighted by Crippen LogP contribution is 2.44. The molecule has 0 bridgehead atoms. The second kappa shape index (κ2) is 7.28. The van der Waals surface area contributed by atoms with Gasteiger partial charge in [0.2, 0.25) is 0 Å². The van der Waals surface area contributed by atoms with Crippen molar-refractivity contribution in [2.24, 2.45) is 0 Å². The van der Waals surface area contributed by atoms with Gasteiger partial charge in [-0.2, -0.15) is 0 Å². The Labute approximate surface area is 190 Å². The van der Waals surface area contributed by atoms with Crippen LogP contribution in [0, 0.1) is 0 Å². The highest BCUT2D eigenvalue weighted by molar-refractivity contribution is 6.14. The fourth-order valence-electron chi connectivity index (χ4n) is 4.87. The van der Waals surface area contributed by atoms with E-state index in [2.05, 4.69) is 12.1 Å². The SMILES string of the molecule is Oc1ccc2c(-c3ccc(-c4ccc(O)c5ccccc45)c4c(O)cccc34)cccc2c1. The molecule has 0 unspecified atom stereocenters. The predicted molar refractivity (Wildman–Crippen MR) is 135 cm³/mol. The molecule has 0 aliphatic heterocycles. The first-order chi connectivity index (χ1) is 16.1. The Morgan fingerprint density at radius 3 is 1.94 bits per heavy atom. The third-order valence-corrected chi connectivity index (χ3v) is 6.36. The molecule has 0 aromatic heterocycles. The molecule has 3 heteroatoms. The number of hydrogen-bond donors (Lipinski definition) is 3. The van der Waals surface area contributed by atoms with E-state index < -0.39 is 0 Å². The average molecular weight is 428 g/mol. The van der Waals surface area contributed by atoms with E-state index in [0.29, 0.717) is 0 Å². The Bertz CT molecular complexity index is 1700. The molecule has 6 rings (SSSR count). The lowest BCUT2D eigenvalue weighted by Crippen LogP contribution is -1.89. The van der Waals surface area contributed by atoms with E-state index in [-0.39, 0.29) is 17.2 Å². The summed E-state index contributed by atoms with van der Waals surface area (Å²) in [5, 5.41) is 36.6. The van der Waals surface area contributed by atoms with Crippen molar-refractivity contribution in [1.29, 1.82) is 0 Å². The van der Waals surface area contributed by atoms with E-state index in [9.17, 15) is 15.3 Å². The Morgan fingerprint density at radius 2 is 1.06 bits per heavy atom. The summed E-state index contributed by atoms with van der Waals surface area (Å²) in [6.07, 6.45) is 0. The van der Waals surface area contributed by atoms with Crippen LogP contribution in [-0.4, -0.2) is 15.3 Å². The topological polar surface area (TPSA) is 60.7 Å². The van der Waals surface area contributed by atoms with Gasteiger partial charge in [-0.3, -0.25) is 0 Å². The predicted octanol–water partition coefficient (Wildman–Crippen LogP) is 7.60. The second-order valence-corrected chi connectivity index (χ2v) is 8.25. The van der Waals surface area contributed by atoms with Crippen molar-refractivity contribution in [3.8, 4) is 39.5 Å². The number of phenols is 3. The van der Waals surface area contributed by atoms with Crippen LogP contribution in [0.2, 0.25) is 0 Å². The van der Waals surface area contributed by atoms with E-state index in [4.69, 9.17) is 0 Å². The summed E-state index contributed by atoms with van der Waals surface area (Å²) < 4.78 is 0. The van der Waals surface area contributed by atoms with E-state index in [1.165, 1.54) is 0 Å². The normalized spacial score (nSPS) is 11.4. The molecule has 3 nitrogen and oxygen atoms in total. The molecule has 0 spiro atoms. The first-order valence-electron chi connectivity index (χ1n) is 10.8. The van der Waals surface area contributed by atoms with Crippen molar-refractivity contribution in [3.05, 3.63) is 103 Å². The molecule has 0 atom stereocenters. The maximum Gasteiger partial charge on any atom is 0.124 e. The Kier molecular flexibility index (Phi) is 4.24. The number of fused-ring (bicyclic) bond motifs is 3. The van der Waals surface area contributed by atoms with Gasteiger partial charge in [0.1, 0.15) is 17.2 Å². The lowest BCUT2D eigenvalue weighted by atomic mass is 9.88. The zero-order valence-corrected chi connectivity index (χ0v) is 17.7. The molecule has 33 heavy (non-hydrogen) atoms. The molecule has 3 N–H and O–H groups in total. The molecular weight excluding hydrogens is 408 g/mol. The standard InChI is InChI=1S/C30H20O3/c31-19-11-12-20-18(17-19)5-3-8-21(20)23-13-14-27(30-26(23)9-4-10-29(30)33)24-15-16-28(32)25-7-2-1-6-22(24)25/h1-17,31-33H. The summed E-state index contributed by atoms with van der Waals surface area (Å²) in [7, 11) is 0. The van der Waals surface area contributed by atoms with Gasteiger partial charge in [-0.1, -0.05) is 78.9 Å². The number of rotatable bonds is 2. The first-order valence-corrected chi connectivity index (χ1v) is 10.8. The molecule has 0 aliphatic rings. The van der Waals surface area contributed by atoms with Gasteiger partial charge in [0.05, 0.1) is 0 Å². The molecule has 6 aromatic carbocycles. The highest BCUT2D eigenvalue weighted by Gasteiger charge is 2.16. The van der Waals surface area contributed by atoms with Gasteiger partial charge in [-0.25, -0.2) is 0 Å². The minimum absolute atomic E-state index is 0.208. The molecule has 0 saturated heterocycles. The van der Waals surface area contributed by atoms with Crippen LogP contribution in [0.3, 0.4) is 0 Å². The quantitative estimate of drug-likeness (QED) is 0.266. The van der Waals surface area contributed by atoms with Crippen molar-refractivity contribution < 1.29 is 15.3 Å². The summed E-state index contributed by atoms with van der Waals surface area (Å²) in [6, 6.07) is 32.5. The number of benzene rings is 6. The number of phenolic OH excluding ortho intramolecular Hbond substituents is 3. The lowest BCUT2D eigenvalue weighted by molar-refractivity contribution is 0.476. The molecule has 158 valence electrons. The monoisotopic (exact) mass is 428 g/mol. The second-order valence-electron chi connectivity index (χ2n) is 8.25. The van der Waals surface area contributed by atoms with E-state index in [1.54, 1.807) is 24.3 Å². The minimum Gasteiger partial charge on any atom is -0.508 e. The van der Waals surface area contributed by atoms with E-state index in [1.807, 2.05) is 66.7 Å². The van der Waals surface area contributed by atoms with Crippen LogP contribution in [-0.2, 0) is 0 Å². The van der Waals surface area contributed by atoms with Crippen molar-refractivity contribution in [3.63, 3.8) is 0 Å². The van der Waals surface area contributed by atoms with Crippen LogP contribution in [0.5, 0.6) is 17.2 Å². The van der Waals surface area contributed by atoms with E-state index >= 15 is 0 Å². The van der Waals surface area contributed by atoms with Crippen LogP contribution in [0.15, 0.2) is 103 Å². The molecule has 0 amide bonds. The Balaban J connectivity index is 1.69.